The smallest absolute Gasteiger partial charge is 0.0682 e. The zero-order chi connectivity index (χ0) is 11.8. The van der Waals surface area contributed by atoms with Crippen molar-refractivity contribution in [2.24, 2.45) is 0 Å². The molecular formula is C13H20N2OS. The number of hydrogen-bond acceptors (Lipinski definition) is 4. The minimum Gasteiger partial charge on any atom is -0.392 e. The highest BCUT2D eigenvalue weighted by Crippen LogP contribution is 2.26. The molecule has 2 aliphatic rings. The van der Waals surface area contributed by atoms with Crippen LogP contribution in [0.15, 0.2) is 16.8 Å². The number of piperazine rings is 1. The Kier molecular flexibility index (Phi) is 3.21. The van der Waals surface area contributed by atoms with Crippen molar-refractivity contribution in [3.05, 3.63) is 22.4 Å². The van der Waals surface area contributed by atoms with E-state index in [0.29, 0.717) is 12.1 Å². The van der Waals surface area contributed by atoms with Gasteiger partial charge in [-0.25, -0.2) is 0 Å². The van der Waals surface area contributed by atoms with E-state index in [1.807, 2.05) is 0 Å². The topological polar surface area (TPSA) is 26.7 Å². The van der Waals surface area contributed by atoms with Crippen LogP contribution in [0.2, 0.25) is 0 Å². The molecule has 0 radical (unpaired) electrons. The molecule has 3 heterocycles. The second kappa shape index (κ2) is 4.69. The predicted octanol–water partition coefficient (Wildman–Crippen LogP) is 1.39. The Morgan fingerprint density at radius 1 is 1.41 bits per heavy atom. The molecule has 1 aromatic heterocycles. The van der Waals surface area contributed by atoms with Gasteiger partial charge in [0.2, 0.25) is 0 Å². The third-order valence-electron chi connectivity index (χ3n) is 4.04. The van der Waals surface area contributed by atoms with Crippen molar-refractivity contribution in [1.82, 2.24) is 9.80 Å². The molecule has 3 rings (SSSR count). The lowest BCUT2D eigenvalue weighted by molar-refractivity contribution is 0.0529. The van der Waals surface area contributed by atoms with Gasteiger partial charge in [-0.1, -0.05) is 0 Å². The van der Waals surface area contributed by atoms with Crippen molar-refractivity contribution in [1.29, 1.82) is 0 Å². The molecule has 0 aliphatic carbocycles. The number of rotatable bonds is 2. The molecule has 2 aliphatic heterocycles. The molecule has 2 fully saturated rings. The highest BCUT2D eigenvalue weighted by Gasteiger charge is 2.37. The van der Waals surface area contributed by atoms with Gasteiger partial charge in [0.25, 0.3) is 0 Å². The molecule has 17 heavy (non-hydrogen) atoms. The van der Waals surface area contributed by atoms with E-state index < -0.39 is 0 Å². The van der Waals surface area contributed by atoms with Gasteiger partial charge in [-0.15, -0.1) is 0 Å². The van der Waals surface area contributed by atoms with E-state index >= 15 is 0 Å². The number of aliphatic hydroxyl groups excluding tert-OH is 1. The van der Waals surface area contributed by atoms with E-state index in [4.69, 9.17) is 0 Å². The van der Waals surface area contributed by atoms with E-state index in [0.717, 1.165) is 32.6 Å². The van der Waals surface area contributed by atoms with Gasteiger partial charge < -0.3 is 5.11 Å². The van der Waals surface area contributed by atoms with Gasteiger partial charge in [-0.2, -0.15) is 11.3 Å². The summed E-state index contributed by atoms with van der Waals surface area (Å²) < 4.78 is 0. The van der Waals surface area contributed by atoms with Crippen molar-refractivity contribution in [3.63, 3.8) is 0 Å². The highest BCUT2D eigenvalue weighted by atomic mass is 32.1. The second-order valence-electron chi connectivity index (χ2n) is 5.41. The number of fused-ring (bicyclic) bond motifs is 1. The van der Waals surface area contributed by atoms with Crippen LogP contribution < -0.4 is 0 Å². The van der Waals surface area contributed by atoms with Gasteiger partial charge in [0.05, 0.1) is 6.10 Å². The van der Waals surface area contributed by atoms with Crippen molar-refractivity contribution in [3.8, 4) is 0 Å². The predicted molar refractivity (Wildman–Crippen MR) is 70.2 cm³/mol. The molecule has 94 valence electrons. The molecule has 3 atom stereocenters. The first-order chi connectivity index (χ1) is 8.22. The Balaban J connectivity index is 1.66. The molecule has 1 unspecified atom stereocenters. The van der Waals surface area contributed by atoms with Gasteiger partial charge in [-0.05, 0) is 35.7 Å². The molecule has 0 amide bonds. The normalized spacial score (nSPS) is 35.1. The van der Waals surface area contributed by atoms with Crippen LogP contribution in [0.3, 0.4) is 0 Å². The van der Waals surface area contributed by atoms with Gasteiger partial charge in [0.15, 0.2) is 0 Å². The molecule has 0 saturated carbocycles. The van der Waals surface area contributed by atoms with Gasteiger partial charge in [-0.3, -0.25) is 9.80 Å². The lowest BCUT2D eigenvalue weighted by Crippen LogP contribution is -2.54. The van der Waals surface area contributed by atoms with E-state index in [1.54, 1.807) is 11.3 Å². The first-order valence-corrected chi connectivity index (χ1v) is 7.34. The lowest BCUT2D eigenvalue weighted by atomic mass is 10.1. The van der Waals surface area contributed by atoms with Gasteiger partial charge in [0, 0.05) is 38.3 Å². The third kappa shape index (κ3) is 2.40. The van der Waals surface area contributed by atoms with E-state index in [9.17, 15) is 5.11 Å². The summed E-state index contributed by atoms with van der Waals surface area (Å²) in [6.07, 6.45) is 0.848. The fourth-order valence-corrected chi connectivity index (χ4v) is 3.77. The van der Waals surface area contributed by atoms with Crippen molar-refractivity contribution >= 4 is 11.3 Å². The quantitative estimate of drug-likeness (QED) is 0.861. The zero-order valence-corrected chi connectivity index (χ0v) is 11.1. The molecule has 4 heteroatoms. The number of nitrogens with zero attached hydrogens (tertiary/aromatic N) is 2. The third-order valence-corrected chi connectivity index (χ3v) is 4.77. The Hall–Kier alpha value is -0.420. The van der Waals surface area contributed by atoms with Crippen molar-refractivity contribution < 1.29 is 5.11 Å². The highest BCUT2D eigenvalue weighted by molar-refractivity contribution is 7.07. The second-order valence-corrected chi connectivity index (χ2v) is 6.19. The number of hydrogen-bond donors (Lipinski definition) is 1. The van der Waals surface area contributed by atoms with Gasteiger partial charge >= 0.3 is 0 Å². The fourth-order valence-electron chi connectivity index (χ4n) is 3.11. The molecule has 0 aromatic carbocycles. The van der Waals surface area contributed by atoms with E-state index in [2.05, 4.69) is 33.6 Å². The summed E-state index contributed by atoms with van der Waals surface area (Å²) in [6.45, 7) is 6.44. The van der Waals surface area contributed by atoms with Crippen LogP contribution in [0.5, 0.6) is 0 Å². The van der Waals surface area contributed by atoms with Crippen LogP contribution in [0.4, 0.5) is 0 Å². The Morgan fingerprint density at radius 2 is 2.29 bits per heavy atom. The van der Waals surface area contributed by atoms with Crippen LogP contribution in [-0.4, -0.2) is 52.7 Å². The average molecular weight is 252 g/mol. The summed E-state index contributed by atoms with van der Waals surface area (Å²) in [5.41, 5.74) is 1.42. The lowest BCUT2D eigenvalue weighted by Gasteiger charge is -2.42. The monoisotopic (exact) mass is 252 g/mol. The molecular weight excluding hydrogens is 232 g/mol. The van der Waals surface area contributed by atoms with Crippen LogP contribution in [-0.2, 0) is 6.54 Å². The maximum absolute atomic E-state index is 9.73. The van der Waals surface area contributed by atoms with Gasteiger partial charge in [0.1, 0.15) is 0 Å². The Labute approximate surface area is 107 Å². The molecule has 1 N–H and O–H groups in total. The summed E-state index contributed by atoms with van der Waals surface area (Å²) >= 11 is 1.77. The summed E-state index contributed by atoms with van der Waals surface area (Å²) in [5, 5.41) is 14.1. The minimum atomic E-state index is -0.103. The Bertz CT molecular complexity index is 368. The van der Waals surface area contributed by atoms with Crippen molar-refractivity contribution in [2.75, 3.05) is 19.6 Å². The standard InChI is InChI=1S/C13H20N2OS/c1-10-5-15-8-13(16)4-12(15)7-14(10)6-11-2-3-17-9-11/h2-3,9-10,12-13,16H,4-8H2,1H3/t10-,12?,13+/m0/s1. The molecule has 0 bridgehead atoms. The number of thiophene rings is 1. The molecule has 1 aromatic rings. The summed E-state index contributed by atoms with van der Waals surface area (Å²) in [5.74, 6) is 0. The van der Waals surface area contributed by atoms with Crippen LogP contribution >= 0.6 is 11.3 Å². The minimum absolute atomic E-state index is 0.103. The van der Waals surface area contributed by atoms with E-state index in [1.165, 1.54) is 5.56 Å². The molecule has 0 spiro atoms. The molecule has 3 nitrogen and oxygen atoms in total. The molecule has 2 saturated heterocycles. The van der Waals surface area contributed by atoms with E-state index in [-0.39, 0.29) is 6.10 Å². The summed E-state index contributed by atoms with van der Waals surface area (Å²) in [7, 11) is 0. The SMILES string of the molecule is C[C@H]1CN2C[C@H](O)CC2CN1Cc1ccsc1. The summed E-state index contributed by atoms with van der Waals surface area (Å²) in [6, 6.07) is 3.38. The zero-order valence-electron chi connectivity index (χ0n) is 10.2. The van der Waals surface area contributed by atoms with Crippen LogP contribution in [0.25, 0.3) is 0 Å². The van der Waals surface area contributed by atoms with Crippen LogP contribution in [0.1, 0.15) is 18.9 Å². The largest absolute Gasteiger partial charge is 0.392 e. The maximum Gasteiger partial charge on any atom is 0.0682 e. The first-order valence-electron chi connectivity index (χ1n) is 6.39. The first kappa shape index (κ1) is 11.7. The van der Waals surface area contributed by atoms with Crippen LogP contribution in [0, 0.1) is 0 Å². The number of aliphatic hydroxyl groups is 1. The average Bonchev–Trinajstić information content (AvgIpc) is 2.87. The summed E-state index contributed by atoms with van der Waals surface area (Å²) in [4.78, 5) is 5.01. The maximum atomic E-state index is 9.73. The van der Waals surface area contributed by atoms with Crippen molar-refractivity contribution in [2.45, 2.75) is 38.1 Å². The fraction of sp³-hybridized carbons (Fsp3) is 0.692. The Morgan fingerprint density at radius 3 is 3.06 bits per heavy atom.